The molecule has 2 aromatic rings. The second-order valence-corrected chi connectivity index (χ2v) is 3.57. The summed E-state index contributed by atoms with van der Waals surface area (Å²) >= 11 is 1.55. The average molecular weight is 208 g/mol. The van der Waals surface area contributed by atoms with E-state index in [0.29, 0.717) is 17.3 Å². The molecular formula is C8H8N4OS. The van der Waals surface area contributed by atoms with Crippen molar-refractivity contribution >= 4 is 17.4 Å². The molecule has 14 heavy (non-hydrogen) atoms. The van der Waals surface area contributed by atoms with Gasteiger partial charge in [-0.15, -0.1) is 11.8 Å². The van der Waals surface area contributed by atoms with Gasteiger partial charge in [-0.05, 0) is 6.07 Å². The van der Waals surface area contributed by atoms with Crippen molar-refractivity contribution in [2.24, 2.45) is 0 Å². The van der Waals surface area contributed by atoms with Gasteiger partial charge in [0.25, 0.3) is 0 Å². The van der Waals surface area contributed by atoms with Gasteiger partial charge in [0.2, 0.25) is 6.39 Å². The first-order chi connectivity index (χ1) is 6.86. The van der Waals surface area contributed by atoms with E-state index in [9.17, 15) is 0 Å². The van der Waals surface area contributed by atoms with Gasteiger partial charge in [-0.1, -0.05) is 5.16 Å². The summed E-state index contributed by atoms with van der Waals surface area (Å²) in [6.45, 7) is 0. The first kappa shape index (κ1) is 9.01. The fourth-order valence-corrected chi connectivity index (χ4v) is 1.71. The topological polar surface area (TPSA) is 77.8 Å². The molecule has 5 nitrogen and oxygen atoms in total. The number of thioether (sulfide) groups is 1. The predicted molar refractivity (Wildman–Crippen MR) is 52.5 cm³/mol. The van der Waals surface area contributed by atoms with Gasteiger partial charge < -0.3 is 10.3 Å². The van der Waals surface area contributed by atoms with Gasteiger partial charge >= 0.3 is 0 Å². The minimum absolute atomic E-state index is 0.644. The fraction of sp³-hybridized carbons (Fsp3) is 0.125. The smallest absolute Gasteiger partial charge is 0.213 e. The van der Waals surface area contributed by atoms with Crippen LogP contribution in [0.3, 0.4) is 0 Å². The van der Waals surface area contributed by atoms with Crippen LogP contribution in [0.5, 0.6) is 0 Å². The third kappa shape index (κ3) is 2.02. The molecule has 2 aromatic heterocycles. The Hall–Kier alpha value is -1.56. The largest absolute Gasteiger partial charge is 0.397 e. The Kier molecular flexibility index (Phi) is 2.64. The number of nitrogen functional groups attached to an aromatic ring is 1. The van der Waals surface area contributed by atoms with Gasteiger partial charge in [-0.2, -0.15) is 4.98 Å². The number of anilines is 1. The van der Waals surface area contributed by atoms with Crippen molar-refractivity contribution in [1.82, 2.24) is 15.1 Å². The molecule has 0 fully saturated rings. The van der Waals surface area contributed by atoms with Crippen LogP contribution in [-0.4, -0.2) is 15.1 Å². The van der Waals surface area contributed by atoms with E-state index in [1.807, 2.05) is 6.07 Å². The summed E-state index contributed by atoms with van der Waals surface area (Å²) in [6.07, 6.45) is 4.64. The van der Waals surface area contributed by atoms with Crippen LogP contribution in [0.2, 0.25) is 0 Å². The SMILES string of the molecule is Nc1cnccc1SCc1ncon1. The maximum absolute atomic E-state index is 5.71. The molecule has 0 amide bonds. The van der Waals surface area contributed by atoms with Crippen molar-refractivity contribution in [1.29, 1.82) is 0 Å². The lowest BCUT2D eigenvalue weighted by molar-refractivity contribution is 0.412. The molecule has 0 aliphatic heterocycles. The molecule has 2 rings (SSSR count). The summed E-state index contributed by atoms with van der Waals surface area (Å²) in [6, 6.07) is 1.86. The van der Waals surface area contributed by atoms with Crippen molar-refractivity contribution in [3.8, 4) is 0 Å². The minimum Gasteiger partial charge on any atom is -0.397 e. The summed E-state index contributed by atoms with van der Waals surface area (Å²) in [5.41, 5.74) is 6.38. The third-order valence-electron chi connectivity index (χ3n) is 1.57. The van der Waals surface area contributed by atoms with E-state index >= 15 is 0 Å². The molecule has 0 radical (unpaired) electrons. The zero-order chi connectivity index (χ0) is 9.80. The van der Waals surface area contributed by atoms with Crippen molar-refractivity contribution in [3.05, 3.63) is 30.7 Å². The van der Waals surface area contributed by atoms with Crippen molar-refractivity contribution in [3.63, 3.8) is 0 Å². The highest BCUT2D eigenvalue weighted by Gasteiger charge is 2.02. The number of nitrogens with two attached hydrogens (primary N) is 1. The standard InChI is InChI=1S/C8H8N4OS/c9-6-3-10-2-1-7(6)14-4-8-11-5-13-12-8/h1-3,5H,4,9H2. The Balaban J connectivity index is 2.02. The Morgan fingerprint density at radius 2 is 2.43 bits per heavy atom. The average Bonchev–Trinajstić information content (AvgIpc) is 2.69. The Labute approximate surface area is 84.7 Å². The van der Waals surface area contributed by atoms with E-state index < -0.39 is 0 Å². The second-order valence-electron chi connectivity index (χ2n) is 2.55. The number of aromatic nitrogens is 3. The second kappa shape index (κ2) is 4.10. The lowest BCUT2D eigenvalue weighted by Gasteiger charge is -2.01. The normalized spacial score (nSPS) is 10.3. The van der Waals surface area contributed by atoms with Crippen LogP contribution in [0.4, 0.5) is 5.69 Å². The molecule has 72 valence electrons. The molecule has 0 atom stereocenters. The van der Waals surface area contributed by atoms with Crippen LogP contribution in [-0.2, 0) is 5.75 Å². The number of rotatable bonds is 3. The van der Waals surface area contributed by atoms with Gasteiger partial charge in [0, 0.05) is 11.1 Å². The summed E-state index contributed by atoms with van der Waals surface area (Å²) in [7, 11) is 0. The summed E-state index contributed by atoms with van der Waals surface area (Å²) in [5, 5.41) is 3.70. The number of hydrogen-bond donors (Lipinski definition) is 1. The van der Waals surface area contributed by atoms with Crippen LogP contribution in [0.15, 0.2) is 34.3 Å². The van der Waals surface area contributed by atoms with E-state index in [0.717, 1.165) is 4.90 Å². The Morgan fingerprint density at radius 3 is 3.14 bits per heavy atom. The predicted octanol–water partition coefficient (Wildman–Crippen LogP) is 1.34. The molecule has 0 unspecified atom stereocenters. The lowest BCUT2D eigenvalue weighted by Crippen LogP contribution is -1.90. The van der Waals surface area contributed by atoms with Gasteiger partial charge in [0.15, 0.2) is 5.82 Å². The first-order valence-electron chi connectivity index (χ1n) is 3.94. The molecule has 0 aliphatic rings. The Bertz CT molecular complexity index is 403. The van der Waals surface area contributed by atoms with Crippen LogP contribution in [0.25, 0.3) is 0 Å². The summed E-state index contributed by atoms with van der Waals surface area (Å²) < 4.78 is 4.62. The molecule has 0 spiro atoms. The van der Waals surface area contributed by atoms with E-state index in [1.54, 1.807) is 24.2 Å². The van der Waals surface area contributed by atoms with E-state index in [4.69, 9.17) is 5.73 Å². The minimum atomic E-state index is 0.644. The first-order valence-corrected chi connectivity index (χ1v) is 4.92. The van der Waals surface area contributed by atoms with E-state index in [1.165, 1.54) is 6.39 Å². The fourth-order valence-electron chi connectivity index (χ4n) is 0.924. The third-order valence-corrected chi connectivity index (χ3v) is 2.66. The Morgan fingerprint density at radius 1 is 1.50 bits per heavy atom. The van der Waals surface area contributed by atoms with Gasteiger partial charge in [-0.3, -0.25) is 4.98 Å². The molecule has 6 heteroatoms. The molecule has 2 heterocycles. The molecule has 0 saturated carbocycles. The quantitative estimate of drug-likeness (QED) is 0.767. The summed E-state index contributed by atoms with van der Waals surface area (Å²) in [4.78, 5) is 8.78. The van der Waals surface area contributed by atoms with E-state index in [2.05, 4.69) is 19.6 Å². The molecule has 0 aromatic carbocycles. The maximum Gasteiger partial charge on any atom is 0.213 e. The molecule has 0 saturated heterocycles. The van der Waals surface area contributed by atoms with Crippen LogP contribution in [0.1, 0.15) is 5.82 Å². The molecule has 0 aliphatic carbocycles. The highest BCUT2D eigenvalue weighted by Crippen LogP contribution is 2.25. The highest BCUT2D eigenvalue weighted by atomic mass is 32.2. The van der Waals surface area contributed by atoms with Crippen LogP contribution in [0, 0.1) is 0 Å². The zero-order valence-corrected chi connectivity index (χ0v) is 8.07. The number of pyridine rings is 1. The van der Waals surface area contributed by atoms with Gasteiger partial charge in [0.05, 0.1) is 17.6 Å². The van der Waals surface area contributed by atoms with E-state index in [-0.39, 0.29) is 0 Å². The summed E-state index contributed by atoms with van der Waals surface area (Å²) in [5.74, 6) is 1.30. The molecule has 0 bridgehead atoms. The van der Waals surface area contributed by atoms with Crippen molar-refractivity contribution < 1.29 is 4.52 Å². The molecule has 2 N–H and O–H groups in total. The highest BCUT2D eigenvalue weighted by molar-refractivity contribution is 7.98. The zero-order valence-electron chi connectivity index (χ0n) is 7.25. The number of nitrogens with zero attached hydrogens (tertiary/aromatic N) is 3. The van der Waals surface area contributed by atoms with Crippen LogP contribution >= 0.6 is 11.8 Å². The van der Waals surface area contributed by atoms with Crippen LogP contribution < -0.4 is 5.73 Å². The lowest BCUT2D eigenvalue weighted by atomic mass is 10.4. The molecular weight excluding hydrogens is 200 g/mol. The van der Waals surface area contributed by atoms with Crippen molar-refractivity contribution in [2.75, 3.05) is 5.73 Å². The van der Waals surface area contributed by atoms with Gasteiger partial charge in [0.1, 0.15) is 0 Å². The van der Waals surface area contributed by atoms with Gasteiger partial charge in [-0.25, -0.2) is 0 Å². The number of hydrogen-bond acceptors (Lipinski definition) is 6. The monoisotopic (exact) mass is 208 g/mol. The maximum atomic E-state index is 5.71. The van der Waals surface area contributed by atoms with Crippen molar-refractivity contribution in [2.45, 2.75) is 10.6 Å².